The quantitative estimate of drug-likeness (QED) is 0.682. The van der Waals surface area contributed by atoms with Crippen molar-refractivity contribution in [1.29, 1.82) is 0 Å². The standard InChI is InChI=1S/C26H28FN5O2/c1-34-23-11-10-19(27)12-21(23)26(33)29-14-16-6-8-17(9-7-16)20-13-22(18-4-2-3-5-18)32-24(20)25(28)30-15-31-32/h6-13,15,18,20,24H,2-5,14H2,1H3,(H,29,33)(H2,28,30,31). The van der Waals surface area contributed by atoms with Crippen LogP contribution in [-0.2, 0) is 6.54 Å². The minimum Gasteiger partial charge on any atom is -0.496 e. The number of methoxy groups -OCH3 is 1. The maximum absolute atomic E-state index is 13.6. The van der Waals surface area contributed by atoms with Crippen molar-refractivity contribution in [3.63, 3.8) is 0 Å². The highest BCUT2D eigenvalue weighted by molar-refractivity contribution is 5.97. The van der Waals surface area contributed by atoms with Gasteiger partial charge in [-0.05, 0) is 42.2 Å². The lowest BCUT2D eigenvalue weighted by Crippen LogP contribution is -2.44. The van der Waals surface area contributed by atoms with E-state index in [1.807, 2.05) is 12.1 Å². The molecule has 1 aliphatic carbocycles. The lowest BCUT2D eigenvalue weighted by Gasteiger charge is -2.31. The van der Waals surface area contributed by atoms with E-state index in [2.05, 4.69) is 38.6 Å². The van der Waals surface area contributed by atoms with Crippen LogP contribution >= 0.6 is 0 Å². The number of rotatable bonds is 6. The molecule has 1 amide bonds. The smallest absolute Gasteiger partial charge is 0.255 e. The highest BCUT2D eigenvalue weighted by Crippen LogP contribution is 2.43. The van der Waals surface area contributed by atoms with Crippen LogP contribution in [0.15, 0.2) is 64.3 Å². The van der Waals surface area contributed by atoms with Gasteiger partial charge >= 0.3 is 0 Å². The lowest BCUT2D eigenvalue weighted by molar-refractivity contribution is 0.0947. The van der Waals surface area contributed by atoms with Gasteiger partial charge in [-0.15, -0.1) is 0 Å². The Labute approximate surface area is 198 Å². The SMILES string of the molecule is COc1ccc(F)cc1C(=O)NCc1ccc(C2C=C(C3CCCC3)N3N=CN=C(N)C23)cc1. The van der Waals surface area contributed by atoms with E-state index >= 15 is 0 Å². The van der Waals surface area contributed by atoms with E-state index in [1.54, 1.807) is 0 Å². The Morgan fingerprint density at radius 2 is 1.97 bits per heavy atom. The number of hydrogen-bond donors (Lipinski definition) is 2. The Morgan fingerprint density at radius 1 is 1.21 bits per heavy atom. The van der Waals surface area contributed by atoms with E-state index in [0.717, 1.165) is 11.1 Å². The summed E-state index contributed by atoms with van der Waals surface area (Å²) in [5.74, 6) is 0.617. The monoisotopic (exact) mass is 461 g/mol. The summed E-state index contributed by atoms with van der Waals surface area (Å²) in [4.78, 5) is 16.8. The van der Waals surface area contributed by atoms with Gasteiger partial charge in [0.15, 0.2) is 0 Å². The second kappa shape index (κ2) is 9.29. The minimum atomic E-state index is -0.485. The number of benzene rings is 2. The average molecular weight is 462 g/mol. The molecule has 2 unspecified atom stereocenters. The molecule has 176 valence electrons. The first-order chi connectivity index (χ1) is 16.5. The van der Waals surface area contributed by atoms with Crippen molar-refractivity contribution < 1.29 is 13.9 Å². The summed E-state index contributed by atoms with van der Waals surface area (Å²) >= 11 is 0. The molecule has 2 aromatic rings. The predicted octanol–water partition coefficient (Wildman–Crippen LogP) is 3.92. The third-order valence-electron chi connectivity index (χ3n) is 6.90. The molecule has 8 heteroatoms. The highest BCUT2D eigenvalue weighted by Gasteiger charge is 2.42. The van der Waals surface area contributed by atoms with E-state index in [1.165, 1.54) is 63.0 Å². The van der Waals surface area contributed by atoms with E-state index < -0.39 is 5.82 Å². The zero-order chi connectivity index (χ0) is 23.7. The van der Waals surface area contributed by atoms with Crippen LogP contribution in [0.4, 0.5) is 4.39 Å². The van der Waals surface area contributed by atoms with E-state index in [0.29, 0.717) is 24.0 Å². The van der Waals surface area contributed by atoms with E-state index in [-0.39, 0.29) is 23.4 Å². The molecule has 3 N–H and O–H groups in total. The van der Waals surface area contributed by atoms with Crippen LogP contribution in [0, 0.1) is 11.7 Å². The highest BCUT2D eigenvalue weighted by atomic mass is 19.1. The Kier molecular flexibility index (Phi) is 6.04. The van der Waals surface area contributed by atoms with Crippen LogP contribution < -0.4 is 15.8 Å². The van der Waals surface area contributed by atoms with Crippen LogP contribution in [0.3, 0.4) is 0 Å². The third-order valence-corrected chi connectivity index (χ3v) is 6.90. The number of ether oxygens (including phenoxy) is 1. The third kappa shape index (κ3) is 4.16. The van der Waals surface area contributed by atoms with Gasteiger partial charge in [-0.1, -0.05) is 43.2 Å². The van der Waals surface area contributed by atoms with Gasteiger partial charge in [0.05, 0.1) is 12.7 Å². The summed E-state index contributed by atoms with van der Waals surface area (Å²) < 4.78 is 18.8. The van der Waals surface area contributed by atoms with E-state index in [4.69, 9.17) is 10.5 Å². The second-order valence-electron chi connectivity index (χ2n) is 8.94. The van der Waals surface area contributed by atoms with Crippen molar-refractivity contribution in [3.8, 4) is 5.75 Å². The number of amides is 1. The zero-order valence-corrected chi connectivity index (χ0v) is 19.1. The van der Waals surface area contributed by atoms with Gasteiger partial charge in [-0.2, -0.15) is 5.10 Å². The molecule has 0 bridgehead atoms. The van der Waals surface area contributed by atoms with Gasteiger partial charge in [-0.25, -0.2) is 9.38 Å². The molecule has 2 atom stereocenters. The first kappa shape index (κ1) is 22.1. The number of nitrogens with two attached hydrogens (primary N) is 1. The summed E-state index contributed by atoms with van der Waals surface area (Å²) in [7, 11) is 1.45. The fraction of sp³-hybridized carbons (Fsp3) is 0.346. The van der Waals surface area contributed by atoms with Crippen molar-refractivity contribution in [3.05, 3.63) is 76.7 Å². The Balaban J connectivity index is 1.31. The molecule has 0 aromatic heterocycles. The zero-order valence-electron chi connectivity index (χ0n) is 19.1. The van der Waals surface area contributed by atoms with Crippen molar-refractivity contribution in [2.45, 2.75) is 44.2 Å². The summed E-state index contributed by atoms with van der Waals surface area (Å²) in [5, 5.41) is 9.44. The van der Waals surface area contributed by atoms with Crippen LogP contribution in [0.2, 0.25) is 0 Å². The molecule has 0 spiro atoms. The minimum absolute atomic E-state index is 0.0667. The molecule has 1 fully saturated rings. The summed E-state index contributed by atoms with van der Waals surface area (Å²) in [6.07, 6.45) is 8.71. The molecule has 0 radical (unpaired) electrons. The number of nitrogens with zero attached hydrogens (tertiary/aromatic N) is 3. The number of nitrogens with one attached hydrogen (secondary N) is 1. The van der Waals surface area contributed by atoms with Crippen LogP contribution in [0.5, 0.6) is 5.75 Å². The van der Waals surface area contributed by atoms with Crippen LogP contribution in [0.25, 0.3) is 0 Å². The largest absolute Gasteiger partial charge is 0.496 e. The first-order valence-corrected chi connectivity index (χ1v) is 11.6. The van der Waals surface area contributed by atoms with E-state index in [9.17, 15) is 9.18 Å². The number of carbonyl (C=O) groups is 1. The number of halogens is 1. The van der Waals surface area contributed by atoms with Crippen molar-refractivity contribution in [1.82, 2.24) is 10.3 Å². The molecule has 34 heavy (non-hydrogen) atoms. The van der Waals surface area contributed by atoms with Gasteiger partial charge < -0.3 is 15.8 Å². The molecule has 2 aliphatic heterocycles. The Bertz CT molecular complexity index is 1170. The number of hydrogen-bond acceptors (Lipinski definition) is 6. The van der Waals surface area contributed by atoms with Gasteiger partial charge in [0.2, 0.25) is 0 Å². The van der Waals surface area contributed by atoms with Gasteiger partial charge in [0.25, 0.3) is 5.91 Å². The normalized spacial score (nSPS) is 21.8. The average Bonchev–Trinajstić information content (AvgIpc) is 3.52. The molecule has 2 heterocycles. The molecule has 1 saturated carbocycles. The summed E-state index contributed by atoms with van der Waals surface area (Å²) in [5.41, 5.74) is 9.79. The van der Waals surface area contributed by atoms with Gasteiger partial charge in [0, 0.05) is 24.1 Å². The van der Waals surface area contributed by atoms with Crippen molar-refractivity contribution in [2.24, 2.45) is 21.7 Å². The molecule has 3 aliphatic rings. The number of fused-ring (bicyclic) bond motifs is 1. The fourth-order valence-corrected chi connectivity index (χ4v) is 5.15. The first-order valence-electron chi connectivity index (χ1n) is 11.6. The molecule has 7 nitrogen and oxygen atoms in total. The second-order valence-corrected chi connectivity index (χ2v) is 8.94. The number of amidine groups is 1. The van der Waals surface area contributed by atoms with Gasteiger partial charge in [-0.3, -0.25) is 9.80 Å². The van der Waals surface area contributed by atoms with Crippen molar-refractivity contribution >= 4 is 18.1 Å². The number of hydrazone groups is 1. The molecule has 5 rings (SSSR count). The number of allylic oxidation sites excluding steroid dienone is 1. The predicted molar refractivity (Wildman–Crippen MR) is 129 cm³/mol. The Morgan fingerprint density at radius 3 is 2.71 bits per heavy atom. The summed E-state index contributed by atoms with van der Waals surface area (Å²) in [6, 6.07) is 11.9. The van der Waals surface area contributed by atoms with Gasteiger partial charge in [0.1, 0.15) is 29.8 Å². The topological polar surface area (TPSA) is 92.3 Å². The molecule has 2 aromatic carbocycles. The maximum Gasteiger partial charge on any atom is 0.255 e. The Hall–Kier alpha value is -3.68. The van der Waals surface area contributed by atoms with Crippen LogP contribution in [0.1, 0.15) is 53.1 Å². The van der Waals surface area contributed by atoms with Crippen molar-refractivity contribution in [2.75, 3.05) is 7.11 Å². The number of aliphatic imine (C=N–C) groups is 1. The maximum atomic E-state index is 13.6. The van der Waals surface area contributed by atoms with Crippen LogP contribution in [-0.4, -0.2) is 36.2 Å². The fourth-order valence-electron chi connectivity index (χ4n) is 5.15. The molecular weight excluding hydrogens is 433 g/mol. The molecule has 0 saturated heterocycles. The molecular formula is C26H28FN5O2. The number of carbonyl (C=O) groups excluding carboxylic acids is 1. The lowest BCUT2D eigenvalue weighted by atomic mass is 9.91. The summed E-state index contributed by atoms with van der Waals surface area (Å²) in [6.45, 7) is 0.316.